The van der Waals surface area contributed by atoms with E-state index >= 15 is 0 Å². The Morgan fingerprint density at radius 3 is 2.67 bits per heavy atom. The van der Waals surface area contributed by atoms with Crippen molar-refractivity contribution in [2.24, 2.45) is 24.3 Å². The second kappa shape index (κ2) is 6.49. The molecule has 3 atom stereocenters. The van der Waals surface area contributed by atoms with Gasteiger partial charge >= 0.3 is 0 Å². The molecule has 1 aliphatic carbocycles. The summed E-state index contributed by atoms with van der Waals surface area (Å²) >= 11 is 0. The summed E-state index contributed by atoms with van der Waals surface area (Å²) in [5.41, 5.74) is 1.58. The van der Waals surface area contributed by atoms with Gasteiger partial charge in [0.05, 0.1) is 12.3 Å². The minimum atomic E-state index is -0.139. The van der Waals surface area contributed by atoms with Gasteiger partial charge in [-0.2, -0.15) is 5.10 Å². The minimum absolute atomic E-state index is 0.139. The van der Waals surface area contributed by atoms with E-state index in [1.165, 1.54) is 5.56 Å². The van der Waals surface area contributed by atoms with Crippen molar-refractivity contribution < 1.29 is 5.11 Å². The van der Waals surface area contributed by atoms with Crippen LogP contribution >= 0.6 is 0 Å². The number of nitrogens with zero attached hydrogens (tertiary/aromatic N) is 3. The van der Waals surface area contributed by atoms with Gasteiger partial charge in [0.1, 0.15) is 0 Å². The first-order chi connectivity index (χ1) is 9.75. The zero-order valence-corrected chi connectivity index (χ0v) is 14.2. The van der Waals surface area contributed by atoms with Crippen molar-refractivity contribution in [3.8, 4) is 0 Å². The molecule has 1 aliphatic rings. The zero-order valence-electron chi connectivity index (χ0n) is 14.2. The van der Waals surface area contributed by atoms with Crippen LogP contribution in [0.1, 0.15) is 45.6 Å². The Balaban J connectivity index is 1.90. The van der Waals surface area contributed by atoms with Crippen molar-refractivity contribution in [1.29, 1.82) is 0 Å². The molecular formula is C17H31N3O. The average molecular weight is 293 g/mol. The maximum Gasteiger partial charge on any atom is 0.0580 e. The summed E-state index contributed by atoms with van der Waals surface area (Å²) in [6.07, 6.45) is 7.10. The van der Waals surface area contributed by atoms with Crippen LogP contribution in [0.2, 0.25) is 0 Å². The third-order valence-corrected chi connectivity index (χ3v) is 4.92. The summed E-state index contributed by atoms with van der Waals surface area (Å²) < 4.78 is 1.84. The van der Waals surface area contributed by atoms with Crippen LogP contribution < -0.4 is 0 Å². The topological polar surface area (TPSA) is 41.3 Å². The van der Waals surface area contributed by atoms with E-state index in [4.69, 9.17) is 0 Å². The third kappa shape index (κ3) is 4.55. The van der Waals surface area contributed by atoms with Gasteiger partial charge in [-0.15, -0.1) is 0 Å². The molecule has 1 N–H and O–H groups in total. The lowest BCUT2D eigenvalue weighted by atomic mass is 9.68. The third-order valence-electron chi connectivity index (χ3n) is 4.92. The number of hydrogen-bond acceptors (Lipinski definition) is 3. The van der Waals surface area contributed by atoms with Crippen LogP contribution in [0.4, 0.5) is 0 Å². The fraction of sp³-hybridized carbons (Fsp3) is 0.824. The summed E-state index contributed by atoms with van der Waals surface area (Å²) in [6.45, 7) is 8.84. The number of hydrogen-bond donors (Lipinski definition) is 1. The van der Waals surface area contributed by atoms with Gasteiger partial charge < -0.3 is 10.0 Å². The van der Waals surface area contributed by atoms with E-state index in [-0.39, 0.29) is 6.10 Å². The van der Waals surface area contributed by atoms with Crippen LogP contribution in [0.3, 0.4) is 0 Å². The van der Waals surface area contributed by atoms with E-state index in [2.05, 4.69) is 44.0 Å². The molecule has 1 aromatic rings. The van der Waals surface area contributed by atoms with Crippen molar-refractivity contribution in [2.45, 2.75) is 52.7 Å². The van der Waals surface area contributed by atoms with E-state index in [0.29, 0.717) is 11.3 Å². The molecule has 21 heavy (non-hydrogen) atoms. The van der Waals surface area contributed by atoms with Crippen molar-refractivity contribution in [3.05, 3.63) is 18.0 Å². The first kappa shape index (κ1) is 16.5. The van der Waals surface area contributed by atoms with E-state index in [1.54, 1.807) is 0 Å². The van der Waals surface area contributed by atoms with E-state index in [0.717, 1.165) is 38.3 Å². The minimum Gasteiger partial charge on any atom is -0.393 e. The lowest BCUT2D eigenvalue weighted by Crippen LogP contribution is -2.40. The Kier molecular flexibility index (Phi) is 5.10. The van der Waals surface area contributed by atoms with Gasteiger partial charge in [-0.1, -0.05) is 20.8 Å². The molecule has 1 aromatic heterocycles. The fourth-order valence-corrected chi connectivity index (χ4v) is 3.56. The Bertz CT molecular complexity index is 449. The molecule has 2 rings (SSSR count). The smallest absolute Gasteiger partial charge is 0.0580 e. The van der Waals surface area contributed by atoms with E-state index < -0.39 is 0 Å². The van der Waals surface area contributed by atoms with Gasteiger partial charge in [-0.25, -0.2) is 0 Å². The van der Waals surface area contributed by atoms with Crippen LogP contribution in [-0.2, 0) is 13.6 Å². The second-order valence-electron chi connectivity index (χ2n) is 7.92. The molecule has 0 bridgehead atoms. The van der Waals surface area contributed by atoms with Crippen molar-refractivity contribution in [2.75, 3.05) is 13.6 Å². The van der Waals surface area contributed by atoms with Crippen LogP contribution in [0, 0.1) is 17.3 Å². The van der Waals surface area contributed by atoms with Gasteiger partial charge in [0.25, 0.3) is 0 Å². The highest BCUT2D eigenvalue weighted by atomic mass is 16.3. The number of aromatic nitrogens is 2. The molecule has 0 aromatic carbocycles. The van der Waals surface area contributed by atoms with E-state index in [9.17, 15) is 5.11 Å². The van der Waals surface area contributed by atoms with Crippen molar-refractivity contribution >= 4 is 0 Å². The summed E-state index contributed by atoms with van der Waals surface area (Å²) in [5, 5.41) is 14.5. The first-order valence-corrected chi connectivity index (χ1v) is 8.10. The van der Waals surface area contributed by atoms with Gasteiger partial charge in [0.15, 0.2) is 0 Å². The first-order valence-electron chi connectivity index (χ1n) is 8.10. The predicted octanol–water partition coefficient (Wildman–Crippen LogP) is 2.68. The number of aliphatic hydroxyl groups excluding tert-OH is 1. The SMILES string of the molecule is CN(Cc1cnn(C)c1)CC1CC(C(C)(C)C)CCC1O. The molecular weight excluding hydrogens is 262 g/mol. The van der Waals surface area contributed by atoms with E-state index in [1.807, 2.05) is 17.9 Å². The number of aryl methyl sites for hydroxylation is 1. The van der Waals surface area contributed by atoms with Gasteiger partial charge in [0, 0.05) is 31.9 Å². The predicted molar refractivity (Wildman–Crippen MR) is 85.8 cm³/mol. The summed E-state index contributed by atoms with van der Waals surface area (Å²) in [4.78, 5) is 2.32. The average Bonchev–Trinajstić information content (AvgIpc) is 2.76. The lowest BCUT2D eigenvalue weighted by molar-refractivity contribution is 0.00559. The van der Waals surface area contributed by atoms with Gasteiger partial charge in [0.2, 0.25) is 0 Å². The molecule has 0 saturated heterocycles. The molecule has 0 amide bonds. The number of aliphatic hydroxyl groups is 1. The lowest BCUT2D eigenvalue weighted by Gasteiger charge is -2.41. The Labute approximate surface area is 129 Å². The van der Waals surface area contributed by atoms with Crippen LogP contribution in [0.5, 0.6) is 0 Å². The molecule has 120 valence electrons. The summed E-state index contributed by atoms with van der Waals surface area (Å²) in [6, 6.07) is 0. The maximum atomic E-state index is 10.3. The highest BCUT2D eigenvalue weighted by Crippen LogP contribution is 2.40. The number of rotatable bonds is 4. The summed E-state index contributed by atoms with van der Waals surface area (Å²) in [5.74, 6) is 1.11. The zero-order chi connectivity index (χ0) is 15.6. The van der Waals surface area contributed by atoms with Crippen molar-refractivity contribution in [1.82, 2.24) is 14.7 Å². The monoisotopic (exact) mass is 293 g/mol. The highest BCUT2D eigenvalue weighted by Gasteiger charge is 2.35. The highest BCUT2D eigenvalue weighted by molar-refractivity contribution is 5.03. The van der Waals surface area contributed by atoms with Crippen LogP contribution in [-0.4, -0.2) is 39.5 Å². The molecule has 0 radical (unpaired) electrons. The standard InChI is InChI=1S/C17H31N3O/c1-17(2,3)15-6-7-16(21)14(8-15)12-19(4)10-13-9-18-20(5)11-13/h9,11,14-16,21H,6-8,10,12H2,1-5H3. The fourth-order valence-electron chi connectivity index (χ4n) is 3.56. The maximum absolute atomic E-state index is 10.3. The molecule has 1 fully saturated rings. The molecule has 4 heteroatoms. The van der Waals surface area contributed by atoms with Crippen LogP contribution in [0.25, 0.3) is 0 Å². The largest absolute Gasteiger partial charge is 0.393 e. The molecule has 1 heterocycles. The molecule has 3 unspecified atom stereocenters. The van der Waals surface area contributed by atoms with Crippen molar-refractivity contribution in [3.63, 3.8) is 0 Å². The van der Waals surface area contributed by atoms with Gasteiger partial charge in [-0.3, -0.25) is 4.68 Å². The van der Waals surface area contributed by atoms with Gasteiger partial charge in [-0.05, 0) is 43.6 Å². The molecule has 0 spiro atoms. The normalized spacial score (nSPS) is 27.3. The summed E-state index contributed by atoms with van der Waals surface area (Å²) in [7, 11) is 4.09. The Morgan fingerprint density at radius 1 is 1.38 bits per heavy atom. The Hall–Kier alpha value is -0.870. The van der Waals surface area contributed by atoms with Crippen LogP contribution in [0.15, 0.2) is 12.4 Å². The quantitative estimate of drug-likeness (QED) is 0.928. The molecule has 4 nitrogen and oxygen atoms in total. The second-order valence-corrected chi connectivity index (χ2v) is 7.92. The molecule has 0 aliphatic heterocycles. The Morgan fingerprint density at radius 2 is 2.10 bits per heavy atom. The molecule has 1 saturated carbocycles.